The number of piperidine rings is 3. The molecule has 0 radical (unpaired) electrons. The van der Waals surface area contributed by atoms with Gasteiger partial charge in [0.15, 0.2) is 0 Å². The lowest BCUT2D eigenvalue weighted by Crippen LogP contribution is -2.47. The number of aryl methyl sites for hydroxylation is 1. The van der Waals surface area contributed by atoms with Gasteiger partial charge in [0.2, 0.25) is 11.8 Å². The fourth-order valence-electron chi connectivity index (χ4n) is 7.85. The standard InChI is InChI=1S/C38H40F4N6O4/c1-46-22-31(29-8-13-43-20-30(29)37(46)51)24-2-3-25(34(18-24)52-38(40,41)42)21-47-14-11-27(12-15-47)48-16-9-23(10-17-48)28-5-4-26(19-32(28)39)44-33-6-7-35(49)45-36(33)50/h2-5,8,13,18-20,22-23,27,33,44H,6-7,9-12,14-17,21H2,1H3,(H,45,49,50). The molecule has 14 heteroatoms. The van der Waals surface area contributed by atoms with Gasteiger partial charge in [-0.15, -0.1) is 13.2 Å². The summed E-state index contributed by atoms with van der Waals surface area (Å²) in [5.74, 6) is -1.21. The van der Waals surface area contributed by atoms with E-state index in [1.54, 1.807) is 49.8 Å². The van der Waals surface area contributed by atoms with E-state index in [0.717, 1.165) is 38.8 Å². The second-order valence-corrected chi connectivity index (χ2v) is 14.0. The molecule has 0 saturated carbocycles. The number of likely N-dealkylation sites (tertiary alicyclic amines) is 2. The number of benzene rings is 2. The number of ether oxygens (including phenoxy) is 1. The van der Waals surface area contributed by atoms with Gasteiger partial charge in [-0.3, -0.25) is 29.6 Å². The van der Waals surface area contributed by atoms with E-state index >= 15 is 4.39 Å². The molecule has 52 heavy (non-hydrogen) atoms. The predicted molar refractivity (Wildman–Crippen MR) is 187 cm³/mol. The highest BCUT2D eigenvalue weighted by atomic mass is 19.4. The van der Waals surface area contributed by atoms with Crippen LogP contribution in [0.4, 0.5) is 23.2 Å². The number of hydrogen-bond donors (Lipinski definition) is 2. The number of anilines is 1. The molecule has 10 nitrogen and oxygen atoms in total. The Morgan fingerprint density at radius 2 is 1.71 bits per heavy atom. The molecule has 1 unspecified atom stereocenters. The van der Waals surface area contributed by atoms with Crippen LogP contribution in [0.5, 0.6) is 5.75 Å². The molecule has 274 valence electrons. The lowest BCUT2D eigenvalue weighted by atomic mass is 9.87. The quantitative estimate of drug-likeness (QED) is 0.177. The second kappa shape index (κ2) is 14.7. The number of nitrogens with one attached hydrogen (secondary N) is 2. The summed E-state index contributed by atoms with van der Waals surface area (Å²) in [6, 6.07) is 11.3. The first-order valence-electron chi connectivity index (χ1n) is 17.6. The fraction of sp³-hybridized carbons (Fsp3) is 0.421. The molecule has 3 aliphatic heterocycles. The van der Waals surface area contributed by atoms with Crippen LogP contribution in [-0.4, -0.2) is 75.8 Å². The summed E-state index contributed by atoms with van der Waals surface area (Å²) in [6.07, 6.45) is 3.69. The van der Waals surface area contributed by atoms with Crippen molar-refractivity contribution in [2.75, 3.05) is 31.5 Å². The number of carbonyl (C=O) groups excluding carboxylic acids is 2. The second-order valence-electron chi connectivity index (χ2n) is 14.0. The average molecular weight is 721 g/mol. The van der Waals surface area contributed by atoms with Gasteiger partial charge in [-0.25, -0.2) is 4.39 Å². The molecule has 2 N–H and O–H groups in total. The molecular weight excluding hydrogens is 680 g/mol. The van der Waals surface area contributed by atoms with Gasteiger partial charge < -0.3 is 19.5 Å². The van der Waals surface area contributed by atoms with Gasteiger partial charge in [0.25, 0.3) is 5.56 Å². The van der Waals surface area contributed by atoms with Gasteiger partial charge >= 0.3 is 6.36 Å². The van der Waals surface area contributed by atoms with Gasteiger partial charge in [-0.05, 0) is 105 Å². The molecule has 5 heterocycles. The maximum Gasteiger partial charge on any atom is 0.573 e. The van der Waals surface area contributed by atoms with Gasteiger partial charge in [-0.2, -0.15) is 0 Å². The van der Waals surface area contributed by atoms with Crippen LogP contribution in [-0.2, 0) is 23.2 Å². The van der Waals surface area contributed by atoms with Gasteiger partial charge in [0, 0.05) is 61.5 Å². The number of halogens is 4. The largest absolute Gasteiger partial charge is 0.573 e. The maximum absolute atomic E-state index is 15.2. The molecule has 2 aromatic heterocycles. The highest BCUT2D eigenvalue weighted by molar-refractivity contribution is 6.01. The van der Waals surface area contributed by atoms with Gasteiger partial charge in [0.05, 0.1) is 5.39 Å². The zero-order valence-corrected chi connectivity index (χ0v) is 28.7. The van der Waals surface area contributed by atoms with Crippen molar-refractivity contribution in [3.63, 3.8) is 0 Å². The minimum absolute atomic E-state index is 0.0754. The minimum atomic E-state index is -4.88. The highest BCUT2D eigenvalue weighted by Crippen LogP contribution is 2.36. The Kier molecular flexibility index (Phi) is 10.0. The van der Waals surface area contributed by atoms with Crippen molar-refractivity contribution < 1.29 is 31.9 Å². The van der Waals surface area contributed by atoms with Crippen LogP contribution >= 0.6 is 0 Å². The molecule has 3 fully saturated rings. The number of imide groups is 1. The van der Waals surface area contributed by atoms with Crippen molar-refractivity contribution >= 4 is 28.3 Å². The van der Waals surface area contributed by atoms with Crippen LogP contribution in [0.25, 0.3) is 21.9 Å². The third-order valence-electron chi connectivity index (χ3n) is 10.6. The lowest BCUT2D eigenvalue weighted by molar-refractivity contribution is -0.275. The SMILES string of the molecule is Cn1cc(-c2ccc(CN3CCC(N4CCC(c5ccc(NC6CCC(=O)NC6=O)cc5F)CC4)CC3)c(OC(F)(F)F)c2)c2ccncc2c1=O. The van der Waals surface area contributed by atoms with Crippen LogP contribution in [0, 0.1) is 5.82 Å². The molecule has 7 rings (SSSR count). The minimum Gasteiger partial charge on any atom is -0.405 e. The van der Waals surface area contributed by atoms with E-state index < -0.39 is 18.3 Å². The Hall–Kier alpha value is -4.82. The normalized spacial score (nSPS) is 19.9. The fourth-order valence-corrected chi connectivity index (χ4v) is 7.85. The zero-order valence-electron chi connectivity index (χ0n) is 28.7. The zero-order chi connectivity index (χ0) is 36.6. The van der Waals surface area contributed by atoms with E-state index in [1.807, 2.05) is 0 Å². The monoisotopic (exact) mass is 720 g/mol. The molecule has 0 spiro atoms. The number of hydrogen-bond acceptors (Lipinski definition) is 8. The number of aromatic nitrogens is 2. The first kappa shape index (κ1) is 35.6. The molecule has 3 saturated heterocycles. The van der Waals surface area contributed by atoms with Crippen molar-refractivity contribution in [1.82, 2.24) is 24.7 Å². The summed E-state index contributed by atoms with van der Waals surface area (Å²) in [5.41, 5.74) is 2.44. The van der Waals surface area contributed by atoms with E-state index in [-0.39, 0.29) is 35.4 Å². The molecule has 2 aromatic carbocycles. The van der Waals surface area contributed by atoms with E-state index in [9.17, 15) is 27.6 Å². The molecule has 1 atom stereocenters. The van der Waals surface area contributed by atoms with Crippen molar-refractivity contribution in [2.24, 2.45) is 7.05 Å². The number of pyridine rings is 2. The summed E-state index contributed by atoms with van der Waals surface area (Å²) in [5, 5.41) is 6.31. The Morgan fingerprint density at radius 1 is 0.942 bits per heavy atom. The summed E-state index contributed by atoms with van der Waals surface area (Å²) in [7, 11) is 1.59. The average Bonchev–Trinajstić information content (AvgIpc) is 3.12. The van der Waals surface area contributed by atoms with E-state index in [1.165, 1.54) is 22.9 Å². The number of fused-ring (bicyclic) bond motifs is 1. The first-order chi connectivity index (χ1) is 24.9. The van der Waals surface area contributed by atoms with Crippen LogP contribution in [0.2, 0.25) is 0 Å². The number of amides is 2. The summed E-state index contributed by atoms with van der Waals surface area (Å²) < 4.78 is 62.0. The third-order valence-corrected chi connectivity index (χ3v) is 10.6. The topological polar surface area (TPSA) is 109 Å². The molecule has 2 amide bonds. The molecule has 0 bridgehead atoms. The van der Waals surface area contributed by atoms with Crippen LogP contribution in [0.3, 0.4) is 0 Å². The Labute approximate surface area is 297 Å². The lowest BCUT2D eigenvalue weighted by Gasteiger charge is -2.42. The van der Waals surface area contributed by atoms with Gasteiger partial charge in [-0.1, -0.05) is 18.2 Å². The van der Waals surface area contributed by atoms with Crippen molar-refractivity contribution in [3.05, 3.63) is 88.4 Å². The number of nitrogens with zero attached hydrogens (tertiary/aromatic N) is 4. The van der Waals surface area contributed by atoms with Crippen molar-refractivity contribution in [3.8, 4) is 16.9 Å². The van der Waals surface area contributed by atoms with E-state index in [0.29, 0.717) is 70.8 Å². The van der Waals surface area contributed by atoms with E-state index in [2.05, 4.69) is 30.2 Å². The van der Waals surface area contributed by atoms with Crippen LogP contribution in [0.15, 0.2) is 65.8 Å². The van der Waals surface area contributed by atoms with E-state index in [4.69, 9.17) is 0 Å². The number of alkyl halides is 3. The van der Waals surface area contributed by atoms with Crippen molar-refractivity contribution in [2.45, 2.75) is 69.4 Å². The van der Waals surface area contributed by atoms with Crippen LogP contribution < -0.4 is 20.9 Å². The van der Waals surface area contributed by atoms with Gasteiger partial charge in [0.1, 0.15) is 17.6 Å². The molecule has 4 aromatic rings. The number of carbonyl (C=O) groups is 2. The van der Waals surface area contributed by atoms with Crippen molar-refractivity contribution in [1.29, 1.82) is 0 Å². The number of rotatable bonds is 8. The molecule has 0 aliphatic carbocycles. The first-order valence-corrected chi connectivity index (χ1v) is 17.6. The predicted octanol–water partition coefficient (Wildman–Crippen LogP) is 5.70. The maximum atomic E-state index is 15.2. The summed E-state index contributed by atoms with van der Waals surface area (Å²) in [6.45, 7) is 3.38. The Bertz CT molecular complexity index is 2040. The molecule has 3 aliphatic rings. The Morgan fingerprint density at radius 3 is 2.42 bits per heavy atom. The highest BCUT2D eigenvalue weighted by Gasteiger charge is 2.34. The molecular formula is C38H40F4N6O4. The Balaban J connectivity index is 0.957. The van der Waals surface area contributed by atoms with Crippen LogP contribution in [0.1, 0.15) is 55.6 Å². The third kappa shape index (κ3) is 7.82. The summed E-state index contributed by atoms with van der Waals surface area (Å²) in [4.78, 5) is 44.8. The summed E-state index contributed by atoms with van der Waals surface area (Å²) >= 11 is 0. The smallest absolute Gasteiger partial charge is 0.405 e.